The zero-order valence-corrected chi connectivity index (χ0v) is 19.3. The summed E-state index contributed by atoms with van der Waals surface area (Å²) in [5.74, 6) is -3.07. The van der Waals surface area contributed by atoms with E-state index >= 15 is 0 Å². The summed E-state index contributed by atoms with van der Waals surface area (Å²) in [6.07, 6.45) is -10.6. The van der Waals surface area contributed by atoms with Crippen molar-refractivity contribution in [2.45, 2.75) is 49.7 Å². The van der Waals surface area contributed by atoms with Gasteiger partial charge >= 0.3 is 18.6 Å². The van der Waals surface area contributed by atoms with Gasteiger partial charge in [-0.2, -0.15) is 13.2 Å². The van der Waals surface area contributed by atoms with Crippen molar-refractivity contribution in [3.05, 3.63) is 53.6 Å². The van der Waals surface area contributed by atoms with Gasteiger partial charge in [0.2, 0.25) is 0 Å². The summed E-state index contributed by atoms with van der Waals surface area (Å²) in [6, 6.07) is 2.74. The molecule has 0 saturated carbocycles. The highest BCUT2D eigenvalue weighted by Gasteiger charge is 2.62. The molecule has 0 aromatic heterocycles. The number of rotatable bonds is 6. The normalized spacial score (nSPS) is 23.8. The molecule has 208 valence electrons. The van der Waals surface area contributed by atoms with Crippen LogP contribution in [0.4, 0.5) is 45.6 Å². The minimum Gasteiger partial charge on any atom is -0.473 e. The van der Waals surface area contributed by atoms with Gasteiger partial charge in [-0.1, -0.05) is 0 Å². The first-order chi connectivity index (χ1) is 17.8. The summed E-state index contributed by atoms with van der Waals surface area (Å²) < 4.78 is 121. The second-order valence-electron chi connectivity index (χ2n) is 8.59. The minimum atomic E-state index is -5.04. The third-order valence-corrected chi connectivity index (χ3v) is 6.03. The molecule has 2 aromatic carbocycles. The first kappa shape index (κ1) is 27.7. The molecule has 0 spiro atoms. The van der Waals surface area contributed by atoms with Gasteiger partial charge in [-0.3, -0.25) is 5.32 Å². The monoisotopic (exact) mass is 555 g/mol. The predicted molar refractivity (Wildman–Crippen MR) is 115 cm³/mol. The van der Waals surface area contributed by atoms with E-state index in [1.54, 1.807) is 0 Å². The van der Waals surface area contributed by atoms with E-state index in [0.717, 1.165) is 18.2 Å². The van der Waals surface area contributed by atoms with Gasteiger partial charge in [0, 0.05) is 18.1 Å². The van der Waals surface area contributed by atoms with Gasteiger partial charge in [0.1, 0.15) is 23.1 Å². The molecule has 2 heterocycles. The number of hydrogen-bond acceptors (Lipinski definition) is 5. The van der Waals surface area contributed by atoms with Crippen molar-refractivity contribution in [2.24, 2.45) is 0 Å². The van der Waals surface area contributed by atoms with Crippen LogP contribution in [-0.4, -0.2) is 44.0 Å². The highest BCUT2D eigenvalue weighted by Crippen LogP contribution is 2.53. The Morgan fingerprint density at radius 3 is 2.45 bits per heavy atom. The molecule has 2 amide bonds. The van der Waals surface area contributed by atoms with Crippen LogP contribution in [-0.2, 0) is 10.3 Å². The fraction of sp³-hybridized carbons (Fsp3) is 0.435. The van der Waals surface area contributed by atoms with E-state index in [1.807, 2.05) is 0 Å². The van der Waals surface area contributed by atoms with Crippen LogP contribution in [0.2, 0.25) is 0 Å². The zero-order valence-electron chi connectivity index (χ0n) is 19.3. The van der Waals surface area contributed by atoms with Crippen LogP contribution in [0.25, 0.3) is 0 Å². The molecule has 2 aliphatic heterocycles. The number of piperidine rings is 1. The number of alkyl halides is 6. The Bertz CT molecular complexity index is 1170. The average Bonchev–Trinajstić information content (AvgIpc) is 2.76. The van der Waals surface area contributed by atoms with Crippen molar-refractivity contribution in [1.29, 1.82) is 0 Å². The van der Waals surface area contributed by atoms with Crippen molar-refractivity contribution in [1.82, 2.24) is 10.6 Å². The van der Waals surface area contributed by atoms with Crippen LogP contribution in [0.1, 0.15) is 24.8 Å². The number of carbonyl (C=O) groups excluding carboxylic acids is 1. The van der Waals surface area contributed by atoms with E-state index in [0.29, 0.717) is 31.2 Å². The number of ether oxygens (including phenoxy) is 3. The Kier molecular flexibility index (Phi) is 7.61. The van der Waals surface area contributed by atoms with E-state index in [9.17, 15) is 39.9 Å². The first-order valence-electron chi connectivity index (χ1n) is 11.3. The molecule has 0 radical (unpaired) electrons. The van der Waals surface area contributed by atoms with Gasteiger partial charge in [-0.15, -0.1) is 13.2 Å². The standard InChI is InChI=1S/C23H21F8N3O4/c24-12-3-6-18(14(10-12)21(7-9-36-21)22(26,27)28)37-19-16(2-1-8-32-19)33-20(35)34-17-11-13(4-5-15(17)25)38-23(29,30)31/h3-6,10-11,16,19,32H,1-2,7-9H2,(H2,33,34,35). The minimum absolute atomic E-state index is 0.187. The van der Waals surface area contributed by atoms with Gasteiger partial charge in [0.05, 0.1) is 18.3 Å². The van der Waals surface area contributed by atoms with E-state index in [4.69, 9.17) is 9.47 Å². The SMILES string of the molecule is O=C(Nc1cc(OC(F)(F)F)ccc1F)NC1CCCNC1Oc1ccc(F)cc1C1(C(F)(F)F)CCO1. The Hall–Kier alpha value is -3.33. The topological polar surface area (TPSA) is 80.9 Å². The molecule has 15 heteroatoms. The zero-order chi connectivity index (χ0) is 27.7. The highest BCUT2D eigenvalue weighted by molar-refractivity contribution is 5.89. The molecule has 3 N–H and O–H groups in total. The highest BCUT2D eigenvalue weighted by atomic mass is 19.4. The number of carbonyl (C=O) groups is 1. The smallest absolute Gasteiger partial charge is 0.473 e. The third-order valence-electron chi connectivity index (χ3n) is 6.03. The Morgan fingerprint density at radius 1 is 1.08 bits per heavy atom. The molecular weight excluding hydrogens is 534 g/mol. The molecule has 2 fully saturated rings. The lowest BCUT2D eigenvalue weighted by Crippen LogP contribution is -2.57. The van der Waals surface area contributed by atoms with E-state index in [1.165, 1.54) is 0 Å². The lowest BCUT2D eigenvalue weighted by atomic mass is 9.85. The fourth-order valence-corrected chi connectivity index (χ4v) is 4.21. The third kappa shape index (κ3) is 6.04. The number of benzene rings is 2. The van der Waals surface area contributed by atoms with Crippen molar-refractivity contribution >= 4 is 11.7 Å². The maximum atomic E-state index is 14.1. The second-order valence-corrected chi connectivity index (χ2v) is 8.59. The van der Waals surface area contributed by atoms with Crippen LogP contribution in [0.15, 0.2) is 36.4 Å². The van der Waals surface area contributed by atoms with Crippen LogP contribution >= 0.6 is 0 Å². The van der Waals surface area contributed by atoms with Gasteiger partial charge in [-0.05, 0) is 49.7 Å². The quantitative estimate of drug-likeness (QED) is 0.421. The summed E-state index contributed by atoms with van der Waals surface area (Å²) in [7, 11) is 0. The molecule has 7 nitrogen and oxygen atoms in total. The molecule has 38 heavy (non-hydrogen) atoms. The molecular formula is C23H21F8N3O4. The van der Waals surface area contributed by atoms with Gasteiger partial charge in [-0.25, -0.2) is 13.6 Å². The Morgan fingerprint density at radius 2 is 1.82 bits per heavy atom. The molecule has 4 rings (SSSR count). The second kappa shape index (κ2) is 10.4. The van der Waals surface area contributed by atoms with E-state index < -0.39 is 71.5 Å². The lowest BCUT2D eigenvalue weighted by Gasteiger charge is -2.44. The molecule has 3 unspecified atom stereocenters. The number of amides is 2. The Balaban J connectivity index is 1.50. The van der Waals surface area contributed by atoms with Crippen LogP contribution in [0.5, 0.6) is 11.5 Å². The average molecular weight is 555 g/mol. The first-order valence-corrected chi connectivity index (χ1v) is 11.3. The maximum absolute atomic E-state index is 14.1. The lowest BCUT2D eigenvalue weighted by molar-refractivity contribution is -0.334. The van der Waals surface area contributed by atoms with Crippen molar-refractivity contribution in [3.8, 4) is 11.5 Å². The number of nitrogens with one attached hydrogen (secondary N) is 3. The van der Waals surface area contributed by atoms with Crippen LogP contribution < -0.4 is 25.4 Å². The van der Waals surface area contributed by atoms with Crippen LogP contribution in [0, 0.1) is 11.6 Å². The summed E-state index contributed by atoms with van der Waals surface area (Å²) in [4.78, 5) is 12.5. The fourth-order valence-electron chi connectivity index (χ4n) is 4.21. The molecule has 0 bridgehead atoms. The number of anilines is 1. The summed E-state index contributed by atoms with van der Waals surface area (Å²) in [5, 5.41) is 7.44. The number of urea groups is 1. The molecule has 2 aliphatic rings. The predicted octanol–water partition coefficient (Wildman–Crippen LogP) is 5.32. The van der Waals surface area contributed by atoms with Gasteiger partial charge in [0.25, 0.3) is 0 Å². The number of hydrogen-bond donors (Lipinski definition) is 3. The van der Waals surface area contributed by atoms with Crippen molar-refractivity contribution in [3.63, 3.8) is 0 Å². The molecule has 3 atom stereocenters. The summed E-state index contributed by atoms with van der Waals surface area (Å²) in [6.45, 7) is 0.181. The van der Waals surface area contributed by atoms with Gasteiger partial charge in [0.15, 0.2) is 11.8 Å². The van der Waals surface area contributed by atoms with Crippen molar-refractivity contribution < 1.29 is 54.1 Å². The summed E-state index contributed by atoms with van der Waals surface area (Å²) in [5.41, 5.74) is -3.92. The Labute approximate surface area is 210 Å². The molecule has 2 saturated heterocycles. The summed E-state index contributed by atoms with van der Waals surface area (Å²) >= 11 is 0. The van der Waals surface area contributed by atoms with Gasteiger partial charge < -0.3 is 24.8 Å². The van der Waals surface area contributed by atoms with E-state index in [-0.39, 0.29) is 18.8 Å². The largest absolute Gasteiger partial charge is 0.573 e. The van der Waals surface area contributed by atoms with Crippen LogP contribution in [0.3, 0.4) is 0 Å². The van der Waals surface area contributed by atoms with Crippen molar-refractivity contribution in [2.75, 3.05) is 18.5 Å². The molecule has 2 aromatic rings. The molecule has 0 aliphatic carbocycles. The maximum Gasteiger partial charge on any atom is 0.573 e. The number of halogens is 8. The van der Waals surface area contributed by atoms with E-state index in [2.05, 4.69) is 20.7 Å².